The van der Waals surface area contributed by atoms with E-state index in [2.05, 4.69) is 12.2 Å². The van der Waals surface area contributed by atoms with Crippen LogP contribution in [0, 0.1) is 0 Å². The molecule has 2 aromatic rings. The maximum absolute atomic E-state index is 12.2. The van der Waals surface area contributed by atoms with E-state index < -0.39 is 6.10 Å². The second-order valence-electron chi connectivity index (χ2n) is 5.59. The van der Waals surface area contributed by atoms with Gasteiger partial charge < -0.3 is 14.8 Å². The van der Waals surface area contributed by atoms with Gasteiger partial charge in [-0.15, -0.1) is 0 Å². The summed E-state index contributed by atoms with van der Waals surface area (Å²) >= 11 is 0. The van der Waals surface area contributed by atoms with Crippen molar-refractivity contribution in [2.24, 2.45) is 0 Å². The van der Waals surface area contributed by atoms with E-state index in [0.717, 1.165) is 12.8 Å². The lowest BCUT2D eigenvalue weighted by Crippen LogP contribution is -2.33. The molecule has 2 unspecified atom stereocenters. The fraction of sp³-hybridized carbons (Fsp3) is 0.389. The molecule has 2 N–H and O–H groups in total. The van der Waals surface area contributed by atoms with E-state index in [1.807, 2.05) is 31.2 Å². The van der Waals surface area contributed by atoms with Crippen molar-refractivity contribution in [1.29, 1.82) is 0 Å². The van der Waals surface area contributed by atoms with E-state index in [1.165, 1.54) is 11.8 Å². The third kappa shape index (κ3) is 4.46. The zero-order valence-corrected chi connectivity index (χ0v) is 13.1. The molecule has 1 aromatic carbocycles. The Kier molecular flexibility index (Phi) is 5.78. The average Bonchev–Trinajstić information content (AvgIpc) is 3.02. The van der Waals surface area contributed by atoms with Crippen molar-refractivity contribution in [3.8, 4) is 0 Å². The highest BCUT2D eigenvalue weighted by molar-refractivity contribution is 5.94. The summed E-state index contributed by atoms with van der Waals surface area (Å²) in [6, 6.07) is 11.0. The minimum absolute atomic E-state index is 0.123. The number of aryl methyl sites for hydroxylation is 1. The van der Waals surface area contributed by atoms with Crippen molar-refractivity contribution in [3.05, 3.63) is 59.5 Å². The molecular weight excluding hydrogens is 278 g/mol. The molecule has 4 heteroatoms. The number of carbonyl (C=O) groups is 1. The minimum atomic E-state index is -0.711. The Morgan fingerprint density at radius 2 is 2.00 bits per heavy atom. The van der Waals surface area contributed by atoms with E-state index in [4.69, 9.17) is 4.42 Å². The molecule has 118 valence electrons. The molecular formula is C18H23NO3. The molecule has 0 spiro atoms. The van der Waals surface area contributed by atoms with Crippen molar-refractivity contribution >= 4 is 5.91 Å². The molecule has 1 heterocycles. The number of benzene rings is 1. The normalized spacial score (nSPS) is 13.6. The minimum Gasteiger partial charge on any atom is -0.467 e. The predicted molar refractivity (Wildman–Crippen MR) is 85.7 cm³/mol. The topological polar surface area (TPSA) is 62.5 Å². The molecule has 1 amide bonds. The van der Waals surface area contributed by atoms with E-state index in [-0.39, 0.29) is 11.9 Å². The van der Waals surface area contributed by atoms with Gasteiger partial charge in [0, 0.05) is 18.0 Å². The lowest BCUT2D eigenvalue weighted by Gasteiger charge is -2.16. The van der Waals surface area contributed by atoms with Gasteiger partial charge in [0.05, 0.1) is 6.26 Å². The number of hydrogen-bond donors (Lipinski definition) is 2. The zero-order chi connectivity index (χ0) is 15.9. The summed E-state index contributed by atoms with van der Waals surface area (Å²) in [6.07, 6.45) is 3.34. The maximum atomic E-state index is 12.2. The first-order chi connectivity index (χ1) is 10.6. The third-order valence-corrected chi connectivity index (χ3v) is 3.58. The standard InChI is InChI=1S/C18H23NO3/c1-3-5-14-7-9-15(10-8-14)18(21)19-13(2)12-16(20)17-6-4-11-22-17/h4,6-11,13,16,20H,3,5,12H2,1-2H3,(H,19,21). The molecule has 0 aliphatic rings. The van der Waals surface area contributed by atoms with Gasteiger partial charge in [-0.2, -0.15) is 0 Å². The maximum Gasteiger partial charge on any atom is 0.251 e. The Balaban J connectivity index is 1.87. The number of hydrogen-bond acceptors (Lipinski definition) is 3. The highest BCUT2D eigenvalue weighted by Crippen LogP contribution is 2.18. The summed E-state index contributed by atoms with van der Waals surface area (Å²) < 4.78 is 5.16. The lowest BCUT2D eigenvalue weighted by atomic mass is 10.1. The summed E-state index contributed by atoms with van der Waals surface area (Å²) in [4.78, 5) is 12.2. The van der Waals surface area contributed by atoms with E-state index in [9.17, 15) is 9.90 Å². The monoisotopic (exact) mass is 301 g/mol. The number of rotatable bonds is 7. The van der Waals surface area contributed by atoms with Crippen LogP contribution in [0.4, 0.5) is 0 Å². The van der Waals surface area contributed by atoms with Gasteiger partial charge in [0.25, 0.3) is 5.91 Å². The summed E-state index contributed by atoms with van der Waals surface area (Å²) in [5, 5.41) is 12.9. The molecule has 0 bridgehead atoms. The first-order valence-electron chi connectivity index (χ1n) is 7.71. The van der Waals surface area contributed by atoms with Gasteiger partial charge in [-0.3, -0.25) is 4.79 Å². The van der Waals surface area contributed by atoms with Gasteiger partial charge in [-0.1, -0.05) is 25.5 Å². The van der Waals surface area contributed by atoms with E-state index in [1.54, 1.807) is 12.1 Å². The summed E-state index contributed by atoms with van der Waals surface area (Å²) in [5.74, 6) is 0.396. The molecule has 0 saturated heterocycles. The van der Waals surface area contributed by atoms with E-state index >= 15 is 0 Å². The van der Waals surface area contributed by atoms with Gasteiger partial charge in [0.2, 0.25) is 0 Å². The number of furan rings is 1. The van der Waals surface area contributed by atoms with Crippen molar-refractivity contribution in [2.75, 3.05) is 0 Å². The molecule has 2 atom stereocenters. The van der Waals surface area contributed by atoms with Crippen molar-refractivity contribution in [1.82, 2.24) is 5.32 Å². The SMILES string of the molecule is CCCc1ccc(C(=O)NC(C)CC(O)c2ccco2)cc1. The number of aliphatic hydroxyl groups excluding tert-OH is 1. The largest absolute Gasteiger partial charge is 0.467 e. The van der Waals surface area contributed by atoms with Crippen LogP contribution in [0.1, 0.15) is 54.5 Å². The Bertz CT molecular complexity index is 575. The number of nitrogens with one attached hydrogen (secondary N) is 1. The first-order valence-corrected chi connectivity index (χ1v) is 7.71. The van der Waals surface area contributed by atoms with Crippen molar-refractivity contribution in [3.63, 3.8) is 0 Å². The molecule has 22 heavy (non-hydrogen) atoms. The highest BCUT2D eigenvalue weighted by atomic mass is 16.4. The van der Waals surface area contributed by atoms with Crippen LogP contribution in [0.5, 0.6) is 0 Å². The molecule has 2 rings (SSSR count). The van der Waals surface area contributed by atoms with Crippen LogP contribution < -0.4 is 5.32 Å². The molecule has 0 aliphatic carbocycles. The Hall–Kier alpha value is -2.07. The quantitative estimate of drug-likeness (QED) is 0.823. The molecule has 0 saturated carbocycles. The fourth-order valence-corrected chi connectivity index (χ4v) is 2.41. The van der Waals surface area contributed by atoms with Crippen LogP contribution in [0.15, 0.2) is 47.1 Å². The second-order valence-corrected chi connectivity index (χ2v) is 5.59. The van der Waals surface area contributed by atoms with Gasteiger partial charge in [-0.05, 0) is 43.2 Å². The molecule has 0 radical (unpaired) electrons. The summed E-state index contributed by atoms with van der Waals surface area (Å²) in [7, 11) is 0. The predicted octanol–water partition coefficient (Wildman–Crippen LogP) is 3.47. The van der Waals surface area contributed by atoms with Crippen LogP contribution in [0.3, 0.4) is 0 Å². The first kappa shape index (κ1) is 16.3. The highest BCUT2D eigenvalue weighted by Gasteiger charge is 2.17. The fourth-order valence-electron chi connectivity index (χ4n) is 2.41. The van der Waals surface area contributed by atoms with Gasteiger partial charge in [-0.25, -0.2) is 0 Å². The third-order valence-electron chi connectivity index (χ3n) is 3.58. The van der Waals surface area contributed by atoms with Crippen LogP contribution in [-0.2, 0) is 6.42 Å². The average molecular weight is 301 g/mol. The zero-order valence-electron chi connectivity index (χ0n) is 13.1. The Morgan fingerprint density at radius 3 is 2.59 bits per heavy atom. The smallest absolute Gasteiger partial charge is 0.251 e. The van der Waals surface area contributed by atoms with Gasteiger partial charge in [0.15, 0.2) is 0 Å². The summed E-state index contributed by atoms with van der Waals surface area (Å²) in [6.45, 7) is 4.00. The van der Waals surface area contributed by atoms with Crippen LogP contribution >= 0.6 is 0 Å². The molecule has 4 nitrogen and oxygen atoms in total. The lowest BCUT2D eigenvalue weighted by molar-refractivity contribution is 0.0903. The van der Waals surface area contributed by atoms with Crippen LogP contribution in [0.25, 0.3) is 0 Å². The van der Waals surface area contributed by atoms with Gasteiger partial charge >= 0.3 is 0 Å². The Labute approximate surface area is 131 Å². The molecule has 1 aromatic heterocycles. The van der Waals surface area contributed by atoms with Crippen molar-refractivity contribution in [2.45, 2.75) is 45.3 Å². The number of amides is 1. The van der Waals surface area contributed by atoms with E-state index in [0.29, 0.717) is 17.7 Å². The van der Waals surface area contributed by atoms with Gasteiger partial charge in [0.1, 0.15) is 11.9 Å². The molecule has 0 aliphatic heterocycles. The number of carbonyl (C=O) groups excluding carboxylic acids is 1. The molecule has 0 fully saturated rings. The second kappa shape index (κ2) is 7.80. The summed E-state index contributed by atoms with van der Waals surface area (Å²) in [5.41, 5.74) is 1.87. The number of aliphatic hydroxyl groups is 1. The van der Waals surface area contributed by atoms with Crippen molar-refractivity contribution < 1.29 is 14.3 Å². The van der Waals surface area contributed by atoms with Crippen LogP contribution in [0.2, 0.25) is 0 Å². The Morgan fingerprint density at radius 1 is 1.27 bits per heavy atom. The van der Waals surface area contributed by atoms with Crippen LogP contribution in [-0.4, -0.2) is 17.1 Å².